The minimum absolute atomic E-state index is 0.00158. The Morgan fingerprint density at radius 1 is 1.06 bits per heavy atom. The molecule has 1 saturated heterocycles. The molecule has 184 valence electrons. The highest BCUT2D eigenvalue weighted by Gasteiger charge is 2.69. The number of nitrogens with one attached hydrogen (secondary N) is 1. The second kappa shape index (κ2) is 8.12. The highest BCUT2D eigenvalue weighted by molar-refractivity contribution is 8.00. The highest BCUT2D eigenvalue weighted by atomic mass is 32.2. The molecule has 7 atom stereocenters. The molecule has 2 saturated carbocycles. The van der Waals surface area contributed by atoms with Crippen LogP contribution < -0.4 is 14.3 Å². The summed E-state index contributed by atoms with van der Waals surface area (Å²) < 4.78 is 15.7. The van der Waals surface area contributed by atoms with Gasteiger partial charge in [-0.1, -0.05) is 17.4 Å². The molecule has 1 N–H and O–H groups in total. The molecular weight excluding hydrogens is 492 g/mol. The van der Waals surface area contributed by atoms with E-state index in [-0.39, 0.29) is 52.2 Å². The van der Waals surface area contributed by atoms with Gasteiger partial charge in [0, 0.05) is 16.0 Å². The van der Waals surface area contributed by atoms with Crippen LogP contribution in [-0.2, 0) is 19.1 Å². The molecule has 2 aliphatic heterocycles. The summed E-state index contributed by atoms with van der Waals surface area (Å²) in [4.78, 5) is 55.8. The van der Waals surface area contributed by atoms with Gasteiger partial charge < -0.3 is 19.2 Å². The first-order valence-corrected chi connectivity index (χ1v) is 13.1. The third kappa shape index (κ3) is 3.13. The number of aromatic nitrogens is 1. The van der Waals surface area contributed by atoms with Gasteiger partial charge in [0.2, 0.25) is 11.8 Å². The minimum atomic E-state index is -0.603. The van der Waals surface area contributed by atoms with Crippen molar-refractivity contribution in [1.82, 2.24) is 9.88 Å². The van der Waals surface area contributed by atoms with Gasteiger partial charge in [0.25, 0.3) is 0 Å². The molecule has 0 unspecified atom stereocenters. The Morgan fingerprint density at radius 3 is 2.46 bits per heavy atom. The maximum absolute atomic E-state index is 13.4. The lowest BCUT2D eigenvalue weighted by molar-refractivity contribution is -0.151. The largest absolute Gasteiger partial charge is 0.493 e. The molecule has 3 heterocycles. The number of likely N-dealkylation sites (tertiary alicyclic amines) is 1. The number of fused-ring (bicyclic) bond motifs is 9. The topological polar surface area (TPSA) is 115 Å². The first-order chi connectivity index (χ1) is 16.9. The number of thiazole rings is 1. The molecule has 9 nitrogen and oxygen atoms in total. The van der Waals surface area contributed by atoms with E-state index < -0.39 is 17.8 Å². The number of esters is 1. The average molecular weight is 517 g/mol. The van der Waals surface area contributed by atoms with Gasteiger partial charge in [0.15, 0.2) is 11.5 Å². The lowest BCUT2D eigenvalue weighted by Gasteiger charge is -2.43. The summed E-state index contributed by atoms with van der Waals surface area (Å²) in [6, 6.07) is 5.79. The highest BCUT2D eigenvalue weighted by Crippen LogP contribution is 2.68. The van der Waals surface area contributed by atoms with Gasteiger partial charge in [-0.3, -0.25) is 24.1 Å². The maximum Gasteiger partial charge on any atom is 0.325 e. The van der Waals surface area contributed by atoms with Gasteiger partial charge in [0.1, 0.15) is 6.54 Å². The Bertz CT molecular complexity index is 1300. The normalized spacial score (nSPS) is 32.3. The summed E-state index contributed by atoms with van der Waals surface area (Å²) in [6.07, 6.45) is 0.782. The van der Waals surface area contributed by atoms with E-state index in [9.17, 15) is 19.2 Å². The van der Waals surface area contributed by atoms with Gasteiger partial charge in [-0.25, -0.2) is 0 Å². The summed E-state index contributed by atoms with van der Waals surface area (Å²) in [6.45, 7) is -0.344. The van der Waals surface area contributed by atoms with Gasteiger partial charge in [0.05, 0.1) is 38.2 Å². The molecule has 3 fully saturated rings. The van der Waals surface area contributed by atoms with Crippen LogP contribution in [0.1, 0.15) is 22.8 Å². The van der Waals surface area contributed by atoms with E-state index in [2.05, 4.69) is 4.98 Å². The molecule has 6 rings (SSSR count). The zero-order chi connectivity index (χ0) is 24.6. The number of ether oxygens (including phenoxy) is 3. The van der Waals surface area contributed by atoms with Gasteiger partial charge in [-0.15, -0.1) is 11.8 Å². The molecule has 2 aromatic rings. The number of thioether (sulfide) groups is 1. The third-order valence-electron chi connectivity index (χ3n) is 8.10. The number of H-pyrrole nitrogens is 1. The van der Waals surface area contributed by atoms with Crippen molar-refractivity contribution in [2.45, 2.75) is 22.6 Å². The van der Waals surface area contributed by atoms with Crippen LogP contribution in [0.25, 0.3) is 0 Å². The smallest absolute Gasteiger partial charge is 0.325 e. The van der Waals surface area contributed by atoms with Crippen molar-refractivity contribution in [3.8, 4) is 11.5 Å². The first-order valence-electron chi connectivity index (χ1n) is 11.4. The molecule has 2 aliphatic carbocycles. The summed E-state index contributed by atoms with van der Waals surface area (Å²) in [5.74, 6) is -0.888. The average Bonchev–Trinajstić information content (AvgIpc) is 3.59. The fraction of sp³-hybridized carbons (Fsp3) is 0.500. The van der Waals surface area contributed by atoms with E-state index in [1.807, 2.05) is 18.2 Å². The van der Waals surface area contributed by atoms with Crippen molar-refractivity contribution >= 4 is 40.9 Å². The van der Waals surface area contributed by atoms with E-state index in [1.54, 1.807) is 26.0 Å². The van der Waals surface area contributed by atoms with Crippen LogP contribution in [-0.4, -0.2) is 60.8 Å². The number of hydrogen-bond donors (Lipinski definition) is 1. The molecule has 4 aliphatic rings. The Morgan fingerprint density at radius 2 is 1.77 bits per heavy atom. The van der Waals surface area contributed by atoms with Crippen molar-refractivity contribution in [2.75, 3.05) is 27.9 Å². The second-order valence-electron chi connectivity index (χ2n) is 9.41. The fourth-order valence-corrected chi connectivity index (χ4v) is 9.74. The van der Waals surface area contributed by atoms with Gasteiger partial charge in [-0.2, -0.15) is 0 Å². The fourth-order valence-electron chi connectivity index (χ4n) is 6.85. The number of imide groups is 1. The van der Waals surface area contributed by atoms with Crippen LogP contribution in [0.15, 0.2) is 28.0 Å². The van der Waals surface area contributed by atoms with E-state index in [1.165, 1.54) is 18.4 Å². The Kier molecular flexibility index (Phi) is 5.26. The zero-order valence-corrected chi connectivity index (χ0v) is 20.9. The SMILES string of the molecule is COC(=O)CN1C(=O)[C@@H]2[C@H]3C[C@@H]([C@@H]2C1=O)[C@@H]1[C@@H](c2ccc(OC)c(OC)c2)c2sc(=O)[nH]c2S[C@@H]31. The Labute approximate surface area is 209 Å². The van der Waals surface area contributed by atoms with E-state index in [4.69, 9.17) is 14.2 Å². The van der Waals surface area contributed by atoms with Gasteiger partial charge in [-0.05, 0) is 41.9 Å². The Hall–Kier alpha value is -2.79. The number of carbonyl (C=O) groups is 3. The molecule has 1 aromatic heterocycles. The molecule has 2 bridgehead atoms. The molecular formula is C24H24N2O7S2. The summed E-state index contributed by atoms with van der Waals surface area (Å²) >= 11 is 2.83. The molecule has 0 spiro atoms. The second-order valence-corrected chi connectivity index (χ2v) is 11.6. The number of hydrogen-bond acceptors (Lipinski definition) is 9. The number of rotatable bonds is 5. The standard InChI is InChI=1S/C24H24N2O7S2/c1-31-12-5-4-9(6-13(12)32-2)15-16-10-7-11(19(16)34-21-20(15)35-24(30)25-21)18-17(10)22(28)26(23(18)29)8-14(27)33-3/h4-6,10-11,15-19H,7-8H2,1-3H3,(H,25,30)/t10-,11-,15-,16-,17+,18-,19+/m1/s1. The van der Waals surface area contributed by atoms with E-state index in [0.717, 1.165) is 26.8 Å². The lowest BCUT2D eigenvalue weighted by atomic mass is 9.68. The predicted octanol–water partition coefficient (Wildman–Crippen LogP) is 2.10. The van der Waals surface area contributed by atoms with Crippen LogP contribution in [0.2, 0.25) is 0 Å². The predicted molar refractivity (Wildman–Crippen MR) is 127 cm³/mol. The van der Waals surface area contributed by atoms with Crippen LogP contribution in [0.3, 0.4) is 0 Å². The summed E-state index contributed by atoms with van der Waals surface area (Å²) in [5.41, 5.74) is 0.988. The number of benzene rings is 1. The molecule has 1 aromatic carbocycles. The van der Waals surface area contributed by atoms with Crippen molar-refractivity contribution in [3.63, 3.8) is 0 Å². The number of methoxy groups -OCH3 is 3. The molecule has 11 heteroatoms. The lowest BCUT2D eigenvalue weighted by Crippen LogP contribution is -2.42. The summed E-state index contributed by atoms with van der Waals surface area (Å²) in [5, 5.41) is 0.917. The minimum Gasteiger partial charge on any atom is -0.493 e. The Balaban J connectivity index is 1.43. The number of amides is 2. The van der Waals surface area contributed by atoms with Crippen LogP contribution >= 0.6 is 23.1 Å². The zero-order valence-electron chi connectivity index (χ0n) is 19.3. The molecule has 0 radical (unpaired) electrons. The van der Waals surface area contributed by atoms with Gasteiger partial charge >= 0.3 is 10.8 Å². The molecule has 35 heavy (non-hydrogen) atoms. The number of carbonyl (C=O) groups excluding carboxylic acids is 3. The van der Waals surface area contributed by atoms with E-state index >= 15 is 0 Å². The summed E-state index contributed by atoms with van der Waals surface area (Å²) in [7, 11) is 4.41. The monoisotopic (exact) mass is 516 g/mol. The number of aromatic amines is 1. The quantitative estimate of drug-likeness (QED) is 0.475. The van der Waals surface area contributed by atoms with Crippen molar-refractivity contribution in [3.05, 3.63) is 38.3 Å². The van der Waals surface area contributed by atoms with Crippen molar-refractivity contribution in [1.29, 1.82) is 0 Å². The molecule has 2 amide bonds. The van der Waals surface area contributed by atoms with Crippen LogP contribution in [0.4, 0.5) is 0 Å². The first kappa shape index (κ1) is 22.7. The third-order valence-corrected chi connectivity index (χ3v) is 10.7. The van der Waals surface area contributed by atoms with E-state index in [0.29, 0.717) is 11.5 Å². The van der Waals surface area contributed by atoms with Crippen LogP contribution in [0, 0.1) is 29.6 Å². The number of nitrogens with zero attached hydrogens (tertiary/aromatic N) is 1. The van der Waals surface area contributed by atoms with Crippen LogP contribution in [0.5, 0.6) is 11.5 Å². The van der Waals surface area contributed by atoms with Crippen molar-refractivity contribution < 1.29 is 28.6 Å². The van der Waals surface area contributed by atoms with Crippen molar-refractivity contribution in [2.24, 2.45) is 29.6 Å². The maximum atomic E-state index is 13.4.